The lowest BCUT2D eigenvalue weighted by atomic mass is 10.1. The van der Waals surface area contributed by atoms with E-state index in [1.165, 1.54) is 11.3 Å². The predicted molar refractivity (Wildman–Crippen MR) is 69.8 cm³/mol. The van der Waals surface area contributed by atoms with Crippen LogP contribution in [0, 0.1) is 0 Å². The molecule has 1 atom stereocenters. The van der Waals surface area contributed by atoms with Crippen molar-refractivity contribution in [1.82, 2.24) is 5.32 Å². The summed E-state index contributed by atoms with van der Waals surface area (Å²) in [7, 11) is 0. The van der Waals surface area contributed by atoms with E-state index in [0.717, 1.165) is 12.8 Å². The maximum atomic E-state index is 12.2. The minimum Gasteiger partial charge on any atom is -0.466 e. The highest BCUT2D eigenvalue weighted by atomic mass is 32.1. The molecule has 0 bridgehead atoms. The summed E-state index contributed by atoms with van der Waals surface area (Å²) < 4.78 is 4.91. The lowest BCUT2D eigenvalue weighted by molar-refractivity contribution is -0.143. The van der Waals surface area contributed by atoms with Crippen molar-refractivity contribution < 1.29 is 14.3 Å². The van der Waals surface area contributed by atoms with Gasteiger partial charge >= 0.3 is 5.97 Å². The summed E-state index contributed by atoms with van der Waals surface area (Å²) in [5, 5.41) is 5.09. The molecule has 5 heteroatoms. The average Bonchev–Trinajstić information content (AvgIpc) is 2.99. The Morgan fingerprint density at radius 2 is 2.33 bits per heavy atom. The standard InChI is InChI=1S/C13H17NO3S/c1-2-17-12(15)8-10(14-9-5-6-9)13(16)11-4-3-7-18-11/h3-4,7,9-10,14H,2,5-6,8H2,1H3. The minimum atomic E-state index is -0.449. The summed E-state index contributed by atoms with van der Waals surface area (Å²) in [5.41, 5.74) is 0. The van der Waals surface area contributed by atoms with Crippen LogP contribution in [0.3, 0.4) is 0 Å². The highest BCUT2D eigenvalue weighted by Crippen LogP contribution is 2.22. The largest absolute Gasteiger partial charge is 0.466 e. The number of carbonyl (C=O) groups excluding carboxylic acids is 2. The Labute approximate surface area is 110 Å². The van der Waals surface area contributed by atoms with Gasteiger partial charge in [-0.1, -0.05) is 6.07 Å². The third-order valence-electron chi connectivity index (χ3n) is 2.77. The van der Waals surface area contributed by atoms with E-state index in [9.17, 15) is 9.59 Å². The van der Waals surface area contributed by atoms with Crippen molar-refractivity contribution in [2.75, 3.05) is 6.61 Å². The van der Waals surface area contributed by atoms with E-state index < -0.39 is 6.04 Å². The van der Waals surface area contributed by atoms with Gasteiger partial charge < -0.3 is 10.1 Å². The second-order valence-corrected chi connectivity index (χ2v) is 5.29. The molecule has 2 rings (SSSR count). The molecule has 18 heavy (non-hydrogen) atoms. The molecule has 4 nitrogen and oxygen atoms in total. The zero-order valence-electron chi connectivity index (χ0n) is 10.3. The van der Waals surface area contributed by atoms with Crippen LogP contribution in [0.4, 0.5) is 0 Å². The maximum Gasteiger partial charge on any atom is 0.307 e. The summed E-state index contributed by atoms with van der Waals surface area (Å²) in [6.07, 6.45) is 2.27. The van der Waals surface area contributed by atoms with Gasteiger partial charge in [0.25, 0.3) is 0 Å². The Bertz CT molecular complexity index is 412. The van der Waals surface area contributed by atoms with Gasteiger partial charge in [-0.2, -0.15) is 0 Å². The molecule has 0 aliphatic heterocycles. The zero-order chi connectivity index (χ0) is 13.0. The van der Waals surface area contributed by atoms with Crippen LogP contribution in [-0.4, -0.2) is 30.4 Å². The molecule has 0 aromatic carbocycles. The number of hydrogen-bond donors (Lipinski definition) is 1. The van der Waals surface area contributed by atoms with E-state index in [1.807, 2.05) is 11.4 Å². The molecule has 0 amide bonds. The third kappa shape index (κ3) is 3.65. The number of esters is 1. The molecule has 0 spiro atoms. The van der Waals surface area contributed by atoms with Crippen LogP contribution in [0.25, 0.3) is 0 Å². The monoisotopic (exact) mass is 267 g/mol. The second kappa shape index (κ2) is 6.11. The third-order valence-corrected chi connectivity index (χ3v) is 3.66. The molecule has 1 aliphatic rings. The first-order valence-electron chi connectivity index (χ1n) is 6.20. The molecule has 1 fully saturated rings. The van der Waals surface area contributed by atoms with Crippen molar-refractivity contribution >= 4 is 23.1 Å². The Hall–Kier alpha value is -1.20. The number of thiophene rings is 1. The molecular formula is C13H17NO3S. The van der Waals surface area contributed by atoms with Crippen LogP contribution in [0.1, 0.15) is 35.9 Å². The normalized spacial score (nSPS) is 16.3. The van der Waals surface area contributed by atoms with Crippen LogP contribution >= 0.6 is 11.3 Å². The Balaban J connectivity index is 1.99. The SMILES string of the molecule is CCOC(=O)CC(NC1CC1)C(=O)c1cccs1. The van der Waals surface area contributed by atoms with E-state index in [0.29, 0.717) is 17.5 Å². The number of ether oxygens (including phenoxy) is 1. The van der Waals surface area contributed by atoms with Gasteiger partial charge in [-0.25, -0.2) is 0 Å². The summed E-state index contributed by atoms with van der Waals surface area (Å²) >= 11 is 1.41. The fourth-order valence-corrected chi connectivity index (χ4v) is 2.46. The second-order valence-electron chi connectivity index (χ2n) is 4.34. The molecule has 1 aliphatic carbocycles. The molecule has 1 aromatic rings. The van der Waals surface area contributed by atoms with Crippen molar-refractivity contribution in [2.45, 2.75) is 38.3 Å². The first kappa shape index (κ1) is 13.2. The molecule has 1 saturated carbocycles. The molecule has 98 valence electrons. The summed E-state index contributed by atoms with van der Waals surface area (Å²) in [4.78, 5) is 24.5. The molecule has 1 aromatic heterocycles. The zero-order valence-corrected chi connectivity index (χ0v) is 11.2. The Morgan fingerprint density at radius 1 is 1.56 bits per heavy atom. The lowest BCUT2D eigenvalue weighted by Crippen LogP contribution is -2.40. The van der Waals surface area contributed by atoms with Crippen molar-refractivity contribution in [2.24, 2.45) is 0 Å². The number of carbonyl (C=O) groups is 2. The van der Waals surface area contributed by atoms with Crippen molar-refractivity contribution in [1.29, 1.82) is 0 Å². The molecule has 0 saturated heterocycles. The average molecular weight is 267 g/mol. The van der Waals surface area contributed by atoms with Crippen molar-refractivity contribution in [3.8, 4) is 0 Å². The Morgan fingerprint density at radius 3 is 2.89 bits per heavy atom. The number of ketones is 1. The van der Waals surface area contributed by atoms with Crippen LogP contribution in [-0.2, 0) is 9.53 Å². The highest BCUT2D eigenvalue weighted by Gasteiger charge is 2.31. The number of Topliss-reactive ketones (excluding diaryl/α,β-unsaturated/α-hetero) is 1. The van der Waals surface area contributed by atoms with Crippen LogP contribution in [0.15, 0.2) is 17.5 Å². The van der Waals surface area contributed by atoms with Gasteiger partial charge in [0, 0.05) is 6.04 Å². The van der Waals surface area contributed by atoms with E-state index in [-0.39, 0.29) is 18.2 Å². The summed E-state index contributed by atoms with van der Waals surface area (Å²) in [6, 6.07) is 3.57. The van der Waals surface area contributed by atoms with Gasteiger partial charge in [0.15, 0.2) is 5.78 Å². The maximum absolute atomic E-state index is 12.2. The highest BCUT2D eigenvalue weighted by molar-refractivity contribution is 7.12. The lowest BCUT2D eigenvalue weighted by Gasteiger charge is -2.15. The first-order valence-corrected chi connectivity index (χ1v) is 7.08. The van der Waals surface area contributed by atoms with Crippen molar-refractivity contribution in [3.05, 3.63) is 22.4 Å². The quantitative estimate of drug-likeness (QED) is 0.606. The van der Waals surface area contributed by atoms with E-state index >= 15 is 0 Å². The minimum absolute atomic E-state index is 0.00930. The van der Waals surface area contributed by atoms with Gasteiger partial charge in [0.05, 0.1) is 23.9 Å². The molecular weight excluding hydrogens is 250 g/mol. The fourth-order valence-electron chi connectivity index (χ4n) is 1.74. The fraction of sp³-hybridized carbons (Fsp3) is 0.538. The molecule has 1 unspecified atom stereocenters. The van der Waals surface area contributed by atoms with Gasteiger partial charge in [-0.05, 0) is 31.2 Å². The molecule has 1 N–H and O–H groups in total. The van der Waals surface area contributed by atoms with Crippen LogP contribution in [0.2, 0.25) is 0 Å². The topological polar surface area (TPSA) is 55.4 Å². The molecule has 0 radical (unpaired) electrons. The van der Waals surface area contributed by atoms with E-state index in [2.05, 4.69) is 5.32 Å². The van der Waals surface area contributed by atoms with Gasteiger partial charge in [-0.3, -0.25) is 9.59 Å². The smallest absolute Gasteiger partial charge is 0.307 e. The predicted octanol–water partition coefficient (Wildman–Crippen LogP) is 2.00. The molecule has 1 heterocycles. The summed E-state index contributed by atoms with van der Waals surface area (Å²) in [6.45, 7) is 2.12. The number of hydrogen-bond acceptors (Lipinski definition) is 5. The van der Waals surface area contributed by atoms with Crippen LogP contribution < -0.4 is 5.32 Å². The first-order chi connectivity index (χ1) is 8.70. The van der Waals surface area contributed by atoms with E-state index in [4.69, 9.17) is 4.74 Å². The van der Waals surface area contributed by atoms with Crippen molar-refractivity contribution in [3.63, 3.8) is 0 Å². The van der Waals surface area contributed by atoms with Gasteiger partial charge in [0.1, 0.15) is 0 Å². The van der Waals surface area contributed by atoms with Gasteiger partial charge in [-0.15, -0.1) is 11.3 Å². The van der Waals surface area contributed by atoms with E-state index in [1.54, 1.807) is 13.0 Å². The summed E-state index contributed by atoms with van der Waals surface area (Å²) in [5.74, 6) is -0.328. The number of rotatable bonds is 7. The number of nitrogens with one attached hydrogen (secondary N) is 1. The van der Waals surface area contributed by atoms with Gasteiger partial charge in [0.2, 0.25) is 0 Å². The van der Waals surface area contributed by atoms with Crippen LogP contribution in [0.5, 0.6) is 0 Å². The Kier molecular flexibility index (Phi) is 4.49.